The molecule has 23 heavy (non-hydrogen) atoms. The molecule has 0 fully saturated rings. The molecular weight excluding hydrogens is 309 g/mol. The van der Waals surface area contributed by atoms with Crippen molar-refractivity contribution in [2.45, 2.75) is 13.1 Å². The quantitative estimate of drug-likeness (QED) is 0.696. The van der Waals surface area contributed by atoms with Crippen molar-refractivity contribution in [3.05, 3.63) is 41.7 Å². The number of nitrogens with one attached hydrogen (secondary N) is 1. The van der Waals surface area contributed by atoms with Gasteiger partial charge in [-0.1, -0.05) is 0 Å². The molecule has 2 aromatic rings. The highest BCUT2D eigenvalue weighted by Crippen LogP contribution is 2.33. The molecule has 116 valence electrons. The van der Waals surface area contributed by atoms with Crippen LogP contribution in [0.15, 0.2) is 35.7 Å². The Hall–Kier alpha value is -3.33. The summed E-state index contributed by atoms with van der Waals surface area (Å²) in [6, 6.07) is 6.00. The summed E-state index contributed by atoms with van der Waals surface area (Å²) in [4.78, 5) is 0. The molecule has 1 N–H and O–H groups in total. The third-order valence-electron chi connectivity index (χ3n) is 2.78. The van der Waals surface area contributed by atoms with Gasteiger partial charge in [0.15, 0.2) is 0 Å². The highest BCUT2D eigenvalue weighted by molar-refractivity contribution is 6.10. The lowest BCUT2D eigenvalue weighted by Crippen LogP contribution is -2.08. The van der Waals surface area contributed by atoms with Gasteiger partial charge in [0.05, 0.1) is 23.1 Å². The number of aryl methyl sites for hydroxylation is 1. The van der Waals surface area contributed by atoms with Crippen molar-refractivity contribution in [2.75, 3.05) is 5.43 Å². The number of hydrogen-bond acceptors (Lipinski definition) is 5. The molecular formula is C14H9F3N6. The minimum Gasteiger partial charge on any atom is -0.274 e. The summed E-state index contributed by atoms with van der Waals surface area (Å²) in [6.07, 6.45) is -1.38. The molecule has 0 spiro atoms. The zero-order valence-electron chi connectivity index (χ0n) is 11.8. The fourth-order valence-electron chi connectivity index (χ4n) is 1.74. The van der Waals surface area contributed by atoms with E-state index in [1.54, 1.807) is 19.3 Å². The van der Waals surface area contributed by atoms with Gasteiger partial charge in [-0.3, -0.25) is 5.43 Å². The average Bonchev–Trinajstić information content (AvgIpc) is 2.93. The molecule has 0 aliphatic heterocycles. The molecule has 1 aromatic heterocycles. The van der Waals surface area contributed by atoms with Crippen molar-refractivity contribution in [2.24, 2.45) is 5.10 Å². The smallest absolute Gasteiger partial charge is 0.274 e. The van der Waals surface area contributed by atoms with Gasteiger partial charge in [0.25, 0.3) is 0 Å². The van der Waals surface area contributed by atoms with E-state index in [-0.39, 0.29) is 5.69 Å². The molecule has 1 aromatic carbocycles. The maximum absolute atomic E-state index is 12.8. The van der Waals surface area contributed by atoms with Gasteiger partial charge in [-0.05, 0) is 30.7 Å². The van der Waals surface area contributed by atoms with Crippen LogP contribution in [-0.2, 0) is 6.18 Å². The van der Waals surface area contributed by atoms with E-state index in [1.165, 1.54) is 22.9 Å². The van der Waals surface area contributed by atoms with Crippen LogP contribution in [0.2, 0.25) is 0 Å². The summed E-state index contributed by atoms with van der Waals surface area (Å²) in [5, 5.41) is 24.8. The lowest BCUT2D eigenvalue weighted by molar-refractivity contribution is -0.137. The number of rotatable bonds is 3. The molecule has 0 saturated carbocycles. The van der Waals surface area contributed by atoms with Gasteiger partial charge in [-0.25, -0.2) is 4.68 Å². The number of nitriles is 2. The number of aromatic nitrogens is 2. The van der Waals surface area contributed by atoms with E-state index >= 15 is 0 Å². The monoisotopic (exact) mass is 318 g/mol. The Balaban J connectivity index is 2.52. The van der Waals surface area contributed by atoms with Crippen molar-refractivity contribution < 1.29 is 13.2 Å². The van der Waals surface area contributed by atoms with Gasteiger partial charge in [-0.15, -0.1) is 0 Å². The molecule has 9 heteroatoms. The Labute approximate surface area is 129 Å². The molecule has 1 heterocycles. The second-order valence-electron chi connectivity index (χ2n) is 4.49. The Kier molecular flexibility index (Phi) is 4.32. The van der Waals surface area contributed by atoms with E-state index in [0.717, 1.165) is 17.7 Å². The predicted molar refractivity (Wildman–Crippen MR) is 75.6 cm³/mol. The van der Waals surface area contributed by atoms with Crippen LogP contribution in [0.3, 0.4) is 0 Å². The zero-order chi connectivity index (χ0) is 17.0. The summed E-state index contributed by atoms with van der Waals surface area (Å²) in [5.74, 6) is 0. The summed E-state index contributed by atoms with van der Waals surface area (Å²) in [6.45, 7) is 1.78. The lowest BCUT2D eigenvalue weighted by Gasteiger charge is -2.13. The molecule has 0 atom stereocenters. The predicted octanol–water partition coefficient (Wildman–Crippen LogP) is 3.01. The lowest BCUT2D eigenvalue weighted by atomic mass is 10.1. The SMILES string of the molecule is Cc1cnn(-c2ccc(C(F)(F)F)cc2NN=C(C#N)C#N)c1. The molecule has 0 amide bonds. The van der Waals surface area contributed by atoms with Crippen LogP contribution in [0.4, 0.5) is 18.9 Å². The van der Waals surface area contributed by atoms with Gasteiger partial charge >= 0.3 is 6.18 Å². The van der Waals surface area contributed by atoms with Crippen LogP contribution in [-0.4, -0.2) is 15.5 Å². The number of anilines is 1. The summed E-state index contributed by atoms with van der Waals surface area (Å²) in [5.41, 5.74) is 1.99. The first-order valence-corrected chi connectivity index (χ1v) is 6.22. The molecule has 0 saturated heterocycles. The van der Waals surface area contributed by atoms with Crippen LogP contribution in [0.25, 0.3) is 5.69 Å². The van der Waals surface area contributed by atoms with Gasteiger partial charge < -0.3 is 0 Å². The highest BCUT2D eigenvalue weighted by Gasteiger charge is 2.31. The molecule has 0 radical (unpaired) electrons. The van der Waals surface area contributed by atoms with Crippen LogP contribution in [0.1, 0.15) is 11.1 Å². The Morgan fingerprint density at radius 3 is 2.52 bits per heavy atom. The summed E-state index contributed by atoms with van der Waals surface area (Å²) >= 11 is 0. The van der Waals surface area contributed by atoms with Crippen molar-refractivity contribution in [3.8, 4) is 17.8 Å². The topological polar surface area (TPSA) is 89.8 Å². The normalized spacial score (nSPS) is 10.5. The van der Waals surface area contributed by atoms with Crippen LogP contribution >= 0.6 is 0 Å². The standard InChI is InChI=1S/C14H9F3N6/c1-9-7-20-23(8-9)13-3-2-10(14(15,16)17)4-12(13)22-21-11(5-18)6-19/h2-4,7-8,22H,1H3. The van der Waals surface area contributed by atoms with E-state index in [0.29, 0.717) is 5.69 Å². The highest BCUT2D eigenvalue weighted by atomic mass is 19.4. The Morgan fingerprint density at radius 2 is 2.00 bits per heavy atom. The second-order valence-corrected chi connectivity index (χ2v) is 4.49. The average molecular weight is 318 g/mol. The van der Waals surface area contributed by atoms with E-state index in [2.05, 4.69) is 15.6 Å². The van der Waals surface area contributed by atoms with E-state index < -0.39 is 17.5 Å². The third kappa shape index (κ3) is 3.66. The first-order valence-electron chi connectivity index (χ1n) is 6.22. The Bertz CT molecular complexity index is 819. The van der Waals surface area contributed by atoms with Gasteiger partial charge in [-0.2, -0.15) is 33.9 Å². The largest absolute Gasteiger partial charge is 0.416 e. The molecule has 6 nitrogen and oxygen atoms in total. The van der Waals surface area contributed by atoms with Crippen LogP contribution < -0.4 is 5.43 Å². The van der Waals surface area contributed by atoms with Gasteiger partial charge in [0, 0.05) is 6.20 Å². The molecule has 0 bridgehead atoms. The molecule has 2 rings (SSSR count). The van der Waals surface area contributed by atoms with E-state index in [1.807, 2.05) is 0 Å². The van der Waals surface area contributed by atoms with Gasteiger partial charge in [0.1, 0.15) is 12.1 Å². The van der Waals surface area contributed by atoms with Crippen molar-refractivity contribution in [1.82, 2.24) is 9.78 Å². The van der Waals surface area contributed by atoms with Crippen LogP contribution in [0, 0.1) is 29.6 Å². The number of benzene rings is 1. The maximum atomic E-state index is 12.8. The fraction of sp³-hybridized carbons (Fsp3) is 0.143. The summed E-state index contributed by atoms with van der Waals surface area (Å²) in [7, 11) is 0. The molecule has 0 unspecified atom stereocenters. The van der Waals surface area contributed by atoms with Crippen molar-refractivity contribution >= 4 is 11.4 Å². The van der Waals surface area contributed by atoms with E-state index in [4.69, 9.17) is 10.5 Å². The second kappa shape index (κ2) is 6.20. The minimum absolute atomic E-state index is 0.0362. The zero-order valence-corrected chi connectivity index (χ0v) is 11.8. The summed E-state index contributed by atoms with van der Waals surface area (Å²) < 4.78 is 39.9. The molecule has 0 aliphatic carbocycles. The number of halogens is 3. The maximum Gasteiger partial charge on any atom is 0.416 e. The first kappa shape index (κ1) is 16.0. The fourth-order valence-corrected chi connectivity index (χ4v) is 1.74. The van der Waals surface area contributed by atoms with Crippen LogP contribution in [0.5, 0.6) is 0 Å². The molecule has 0 aliphatic rings. The van der Waals surface area contributed by atoms with Gasteiger partial charge in [0.2, 0.25) is 5.71 Å². The number of alkyl halides is 3. The number of hydrazone groups is 1. The Morgan fingerprint density at radius 1 is 1.30 bits per heavy atom. The third-order valence-corrected chi connectivity index (χ3v) is 2.78. The van der Waals surface area contributed by atoms with E-state index in [9.17, 15) is 13.2 Å². The van der Waals surface area contributed by atoms with Crippen molar-refractivity contribution in [3.63, 3.8) is 0 Å². The number of hydrogen-bond donors (Lipinski definition) is 1. The van der Waals surface area contributed by atoms with Crippen molar-refractivity contribution in [1.29, 1.82) is 10.5 Å². The number of nitrogens with zero attached hydrogens (tertiary/aromatic N) is 5. The first-order chi connectivity index (χ1) is 10.8. The minimum atomic E-state index is -4.54.